The van der Waals surface area contributed by atoms with Crippen molar-refractivity contribution in [1.82, 2.24) is 9.97 Å². The summed E-state index contributed by atoms with van der Waals surface area (Å²) in [6.45, 7) is 8.17. The predicted molar refractivity (Wildman–Crippen MR) is 66.8 cm³/mol. The number of nitrogens with zero attached hydrogens (tertiary/aromatic N) is 2. The van der Waals surface area contributed by atoms with Crippen molar-refractivity contribution in [3.05, 3.63) is 12.4 Å². The molecule has 0 amide bonds. The van der Waals surface area contributed by atoms with Crippen molar-refractivity contribution in [2.45, 2.75) is 32.8 Å². The van der Waals surface area contributed by atoms with Gasteiger partial charge in [0.05, 0.1) is 32.2 Å². The van der Waals surface area contributed by atoms with E-state index >= 15 is 0 Å². The maximum atomic E-state index is 5.63. The summed E-state index contributed by atoms with van der Waals surface area (Å²) in [4.78, 5) is 8.26. The van der Waals surface area contributed by atoms with E-state index in [2.05, 4.69) is 23.8 Å². The van der Waals surface area contributed by atoms with Crippen molar-refractivity contribution < 1.29 is 14.2 Å². The Bertz CT molecular complexity index is 374. The van der Waals surface area contributed by atoms with Gasteiger partial charge in [0.15, 0.2) is 11.4 Å². The number of aromatic nitrogens is 2. The van der Waals surface area contributed by atoms with E-state index in [0.29, 0.717) is 37.5 Å². The number of ether oxygens (including phenoxy) is 3. The highest BCUT2D eigenvalue weighted by molar-refractivity contribution is 5.14. The van der Waals surface area contributed by atoms with Crippen molar-refractivity contribution in [3.8, 4) is 11.8 Å². The van der Waals surface area contributed by atoms with Crippen LogP contribution in [0.25, 0.3) is 0 Å². The molecule has 0 N–H and O–H groups in total. The Hall–Kier alpha value is -1.36. The van der Waals surface area contributed by atoms with Gasteiger partial charge in [0.25, 0.3) is 0 Å². The van der Waals surface area contributed by atoms with Crippen molar-refractivity contribution in [2.24, 2.45) is 5.92 Å². The summed E-state index contributed by atoms with van der Waals surface area (Å²) in [5.41, 5.74) is -0.278. The molecule has 0 aliphatic carbocycles. The van der Waals surface area contributed by atoms with Gasteiger partial charge in [0, 0.05) is 0 Å². The lowest BCUT2D eigenvalue weighted by molar-refractivity contribution is -0.153. The number of rotatable bonds is 6. The van der Waals surface area contributed by atoms with Gasteiger partial charge in [-0.05, 0) is 19.3 Å². The van der Waals surface area contributed by atoms with E-state index in [0.717, 1.165) is 6.42 Å². The standard InChI is InChI=1S/C13H20N2O3/c1-10(2)4-5-17-11-6-14-12(15-7-11)18-13(3)8-16-9-13/h6-7,10H,4-5,8-9H2,1-3H3. The molecule has 0 unspecified atom stereocenters. The monoisotopic (exact) mass is 252 g/mol. The molecule has 0 spiro atoms. The predicted octanol–water partition coefficient (Wildman–Crippen LogP) is 2.07. The molecule has 1 aromatic rings. The molecule has 2 rings (SSSR count). The first kappa shape index (κ1) is 13.1. The smallest absolute Gasteiger partial charge is 0.317 e. The third-order valence-corrected chi connectivity index (χ3v) is 2.72. The Morgan fingerprint density at radius 1 is 1.33 bits per heavy atom. The number of hydrogen-bond donors (Lipinski definition) is 0. The van der Waals surface area contributed by atoms with Gasteiger partial charge in [-0.2, -0.15) is 9.97 Å². The second-order valence-corrected chi connectivity index (χ2v) is 5.28. The first-order chi connectivity index (χ1) is 8.57. The highest BCUT2D eigenvalue weighted by Crippen LogP contribution is 2.22. The Labute approximate surface area is 107 Å². The molecule has 1 fully saturated rings. The van der Waals surface area contributed by atoms with Crippen LogP contribution in [-0.4, -0.2) is 35.4 Å². The van der Waals surface area contributed by atoms with Gasteiger partial charge in [-0.15, -0.1) is 0 Å². The summed E-state index contributed by atoms with van der Waals surface area (Å²) in [5, 5.41) is 0. The first-order valence-electron chi connectivity index (χ1n) is 6.29. The molecule has 0 bridgehead atoms. The highest BCUT2D eigenvalue weighted by Gasteiger charge is 2.36. The minimum Gasteiger partial charge on any atom is -0.490 e. The van der Waals surface area contributed by atoms with Crippen molar-refractivity contribution in [1.29, 1.82) is 0 Å². The summed E-state index contributed by atoms with van der Waals surface area (Å²) < 4.78 is 16.3. The Morgan fingerprint density at radius 2 is 2.00 bits per heavy atom. The van der Waals surface area contributed by atoms with Gasteiger partial charge in [-0.3, -0.25) is 0 Å². The largest absolute Gasteiger partial charge is 0.490 e. The van der Waals surface area contributed by atoms with E-state index in [-0.39, 0.29) is 5.60 Å². The molecule has 0 radical (unpaired) electrons. The fraction of sp³-hybridized carbons (Fsp3) is 0.692. The average Bonchev–Trinajstić information content (AvgIpc) is 2.29. The van der Waals surface area contributed by atoms with Crippen LogP contribution in [0, 0.1) is 5.92 Å². The topological polar surface area (TPSA) is 53.5 Å². The second-order valence-electron chi connectivity index (χ2n) is 5.28. The SMILES string of the molecule is CC(C)CCOc1cnc(OC2(C)COC2)nc1. The molecule has 5 heteroatoms. The summed E-state index contributed by atoms with van der Waals surface area (Å²) in [6, 6.07) is 0.372. The van der Waals surface area contributed by atoms with E-state index in [4.69, 9.17) is 14.2 Å². The van der Waals surface area contributed by atoms with Crippen LogP contribution in [0.5, 0.6) is 11.8 Å². The van der Waals surface area contributed by atoms with Crippen LogP contribution in [0.1, 0.15) is 27.2 Å². The molecule has 1 saturated heterocycles. The molecule has 100 valence electrons. The average molecular weight is 252 g/mol. The van der Waals surface area contributed by atoms with Crippen LogP contribution >= 0.6 is 0 Å². The normalized spacial score (nSPS) is 17.3. The minimum atomic E-state index is -0.278. The maximum Gasteiger partial charge on any atom is 0.317 e. The third-order valence-electron chi connectivity index (χ3n) is 2.72. The van der Waals surface area contributed by atoms with E-state index in [1.165, 1.54) is 0 Å². The molecule has 1 aliphatic rings. The van der Waals surface area contributed by atoms with Crippen LogP contribution in [0.2, 0.25) is 0 Å². The van der Waals surface area contributed by atoms with Crippen molar-refractivity contribution in [2.75, 3.05) is 19.8 Å². The highest BCUT2D eigenvalue weighted by atomic mass is 16.6. The lowest BCUT2D eigenvalue weighted by Crippen LogP contribution is -2.51. The third kappa shape index (κ3) is 3.57. The zero-order valence-electron chi connectivity index (χ0n) is 11.2. The fourth-order valence-electron chi connectivity index (χ4n) is 1.51. The summed E-state index contributed by atoms with van der Waals surface area (Å²) in [7, 11) is 0. The molecule has 0 saturated carbocycles. The van der Waals surface area contributed by atoms with Gasteiger partial charge < -0.3 is 14.2 Å². The van der Waals surface area contributed by atoms with Crippen LogP contribution in [0.3, 0.4) is 0 Å². The summed E-state index contributed by atoms with van der Waals surface area (Å²) in [5.74, 6) is 1.31. The molecule has 0 aromatic carbocycles. The van der Waals surface area contributed by atoms with Gasteiger partial charge in [0.2, 0.25) is 0 Å². The molecular weight excluding hydrogens is 232 g/mol. The zero-order chi connectivity index (χ0) is 13.0. The van der Waals surface area contributed by atoms with Gasteiger partial charge in [0.1, 0.15) is 0 Å². The first-order valence-corrected chi connectivity index (χ1v) is 6.29. The second kappa shape index (κ2) is 5.52. The van der Waals surface area contributed by atoms with Gasteiger partial charge >= 0.3 is 6.01 Å². The van der Waals surface area contributed by atoms with Gasteiger partial charge in [-0.25, -0.2) is 0 Å². The van der Waals surface area contributed by atoms with E-state index < -0.39 is 0 Å². The molecule has 0 atom stereocenters. The molecule has 1 aromatic heterocycles. The van der Waals surface area contributed by atoms with Crippen LogP contribution < -0.4 is 9.47 Å². The van der Waals surface area contributed by atoms with Crippen LogP contribution in [-0.2, 0) is 4.74 Å². The molecule has 1 aliphatic heterocycles. The molecular formula is C13H20N2O3. The Kier molecular flexibility index (Phi) is 4.01. The summed E-state index contributed by atoms with van der Waals surface area (Å²) in [6.07, 6.45) is 4.31. The quantitative estimate of drug-likeness (QED) is 0.775. The number of hydrogen-bond acceptors (Lipinski definition) is 5. The van der Waals surface area contributed by atoms with Crippen molar-refractivity contribution >= 4 is 0 Å². The molecule has 2 heterocycles. The maximum absolute atomic E-state index is 5.63. The van der Waals surface area contributed by atoms with Crippen molar-refractivity contribution in [3.63, 3.8) is 0 Å². The molecule has 18 heavy (non-hydrogen) atoms. The zero-order valence-corrected chi connectivity index (χ0v) is 11.2. The minimum absolute atomic E-state index is 0.278. The molecule has 5 nitrogen and oxygen atoms in total. The Balaban J connectivity index is 1.81. The van der Waals surface area contributed by atoms with Crippen LogP contribution in [0.4, 0.5) is 0 Å². The van der Waals surface area contributed by atoms with E-state index in [1.807, 2.05) is 6.92 Å². The van der Waals surface area contributed by atoms with Gasteiger partial charge in [-0.1, -0.05) is 13.8 Å². The lowest BCUT2D eigenvalue weighted by atomic mass is 10.1. The lowest BCUT2D eigenvalue weighted by Gasteiger charge is -2.36. The Morgan fingerprint density at radius 3 is 2.50 bits per heavy atom. The van der Waals surface area contributed by atoms with E-state index in [1.54, 1.807) is 12.4 Å². The fourth-order valence-corrected chi connectivity index (χ4v) is 1.51. The summed E-state index contributed by atoms with van der Waals surface area (Å²) >= 11 is 0. The van der Waals surface area contributed by atoms with Crippen LogP contribution in [0.15, 0.2) is 12.4 Å². The van der Waals surface area contributed by atoms with E-state index in [9.17, 15) is 0 Å².